The average Bonchev–Trinajstić information content (AvgIpc) is 3.00. The Morgan fingerprint density at radius 2 is 1.93 bits per heavy atom. The van der Waals surface area contributed by atoms with Crippen molar-refractivity contribution >= 4 is 17.9 Å². The number of carbonyl (C=O) groups is 2. The molecule has 2 fully saturated rings. The van der Waals surface area contributed by atoms with Gasteiger partial charge in [-0.05, 0) is 18.9 Å². The fourth-order valence-electron chi connectivity index (χ4n) is 3.94. The molecule has 6 heteroatoms. The van der Waals surface area contributed by atoms with E-state index in [2.05, 4.69) is 10.2 Å². The van der Waals surface area contributed by atoms with Crippen molar-refractivity contribution in [3.05, 3.63) is 35.9 Å². The maximum Gasteiger partial charge on any atom is 0.237 e. The van der Waals surface area contributed by atoms with Gasteiger partial charge in [-0.3, -0.25) is 14.5 Å². The van der Waals surface area contributed by atoms with E-state index in [9.17, 15) is 9.59 Å². The molecule has 28 heavy (non-hydrogen) atoms. The topological polar surface area (TPSA) is 61.9 Å². The Kier molecular flexibility index (Phi) is 7.48. The summed E-state index contributed by atoms with van der Waals surface area (Å²) in [6.07, 6.45) is 8.82. The normalized spacial score (nSPS) is 21.4. The molecule has 1 aromatic carbocycles. The number of carbonyl (C=O) groups excluding carboxylic acids is 2. The van der Waals surface area contributed by atoms with Crippen LogP contribution in [0.15, 0.2) is 30.3 Å². The van der Waals surface area contributed by atoms with Gasteiger partial charge in [0.15, 0.2) is 0 Å². The summed E-state index contributed by atoms with van der Waals surface area (Å²) in [6.45, 7) is 3.64. The van der Waals surface area contributed by atoms with Crippen molar-refractivity contribution < 1.29 is 14.3 Å². The van der Waals surface area contributed by atoms with Crippen LogP contribution < -0.4 is 10.1 Å². The molecule has 0 bridgehead atoms. The van der Waals surface area contributed by atoms with E-state index in [1.807, 2.05) is 41.3 Å². The van der Waals surface area contributed by atoms with Crippen molar-refractivity contribution in [3.8, 4) is 5.75 Å². The number of ether oxygens (including phenoxy) is 1. The van der Waals surface area contributed by atoms with Gasteiger partial charge in [0.2, 0.25) is 11.8 Å². The number of hydrogen-bond donors (Lipinski definition) is 1. The van der Waals surface area contributed by atoms with Gasteiger partial charge in [0.1, 0.15) is 5.75 Å². The third-order valence-corrected chi connectivity index (χ3v) is 5.54. The Morgan fingerprint density at radius 1 is 1.18 bits per heavy atom. The van der Waals surface area contributed by atoms with Gasteiger partial charge in [0.25, 0.3) is 0 Å². The first-order chi connectivity index (χ1) is 13.7. The Balaban J connectivity index is 1.62. The molecule has 0 spiro atoms. The van der Waals surface area contributed by atoms with E-state index >= 15 is 0 Å². The van der Waals surface area contributed by atoms with Crippen LogP contribution in [0.5, 0.6) is 5.75 Å². The lowest BCUT2D eigenvalue weighted by Gasteiger charge is -2.35. The van der Waals surface area contributed by atoms with Gasteiger partial charge in [-0.25, -0.2) is 0 Å². The third-order valence-electron chi connectivity index (χ3n) is 5.54. The number of piperazine rings is 1. The number of nitrogens with one attached hydrogen (secondary N) is 1. The zero-order valence-electron chi connectivity index (χ0n) is 16.7. The number of nitrogens with zero attached hydrogens (tertiary/aromatic N) is 2. The predicted molar refractivity (Wildman–Crippen MR) is 110 cm³/mol. The number of hydrogen-bond acceptors (Lipinski definition) is 4. The number of para-hydroxylation sites is 1. The predicted octanol–water partition coefficient (Wildman–Crippen LogP) is 2.30. The molecule has 1 aromatic rings. The maximum atomic E-state index is 12.8. The minimum Gasteiger partial charge on any atom is -0.496 e. The Morgan fingerprint density at radius 3 is 2.68 bits per heavy atom. The molecule has 0 aromatic heterocycles. The second kappa shape index (κ2) is 10.3. The zero-order chi connectivity index (χ0) is 19.8. The second-order valence-corrected chi connectivity index (χ2v) is 7.45. The molecule has 0 aliphatic carbocycles. The van der Waals surface area contributed by atoms with Crippen LogP contribution in [0.3, 0.4) is 0 Å². The highest BCUT2D eigenvalue weighted by Gasteiger charge is 2.32. The average molecular weight is 386 g/mol. The van der Waals surface area contributed by atoms with Gasteiger partial charge in [-0.15, -0.1) is 0 Å². The van der Waals surface area contributed by atoms with Crippen LogP contribution >= 0.6 is 0 Å². The number of rotatable bonds is 6. The van der Waals surface area contributed by atoms with E-state index in [4.69, 9.17) is 4.74 Å². The molecule has 2 aliphatic rings. The standard InChI is InChI=1S/C22H31N3O3/c1-28-20-11-5-4-9-18(20)10-8-15-24-16-12-23-22(27)19(24)17-21(26)25-13-6-2-3-7-14-25/h4-5,8-11,19H,2-3,6-7,12-17H2,1H3,(H,23,27)/b10-8+. The number of likely N-dealkylation sites (tertiary alicyclic amines) is 1. The van der Waals surface area contributed by atoms with Crippen LogP contribution in [0.4, 0.5) is 0 Å². The lowest BCUT2D eigenvalue weighted by atomic mass is 10.1. The van der Waals surface area contributed by atoms with Crippen LogP contribution in [0.2, 0.25) is 0 Å². The van der Waals surface area contributed by atoms with E-state index in [1.54, 1.807) is 7.11 Å². The highest BCUT2D eigenvalue weighted by molar-refractivity contribution is 5.89. The molecule has 1 N–H and O–H groups in total. The Bertz CT molecular complexity index is 696. The van der Waals surface area contributed by atoms with Crippen LogP contribution in [0.25, 0.3) is 6.08 Å². The lowest BCUT2D eigenvalue weighted by Crippen LogP contribution is -2.56. The molecule has 0 saturated carbocycles. The summed E-state index contributed by atoms with van der Waals surface area (Å²) < 4.78 is 5.38. The first kappa shape index (κ1) is 20.4. The molecular formula is C22H31N3O3. The van der Waals surface area contributed by atoms with Crippen molar-refractivity contribution in [1.29, 1.82) is 0 Å². The van der Waals surface area contributed by atoms with Gasteiger partial charge in [0, 0.05) is 38.3 Å². The zero-order valence-corrected chi connectivity index (χ0v) is 16.7. The summed E-state index contributed by atoms with van der Waals surface area (Å²) in [7, 11) is 1.66. The van der Waals surface area contributed by atoms with Crippen molar-refractivity contribution in [1.82, 2.24) is 15.1 Å². The summed E-state index contributed by atoms with van der Waals surface area (Å²) >= 11 is 0. The Hall–Kier alpha value is -2.34. The third kappa shape index (κ3) is 5.35. The molecule has 1 atom stereocenters. The minimum atomic E-state index is -0.396. The fourth-order valence-corrected chi connectivity index (χ4v) is 3.94. The molecule has 2 aliphatic heterocycles. The number of amides is 2. The smallest absolute Gasteiger partial charge is 0.237 e. The van der Waals surface area contributed by atoms with E-state index in [0.717, 1.165) is 43.8 Å². The Labute approximate surface area is 167 Å². The van der Waals surface area contributed by atoms with Gasteiger partial charge in [-0.1, -0.05) is 43.2 Å². The quantitative estimate of drug-likeness (QED) is 0.816. The molecule has 1 unspecified atom stereocenters. The molecule has 152 valence electrons. The van der Waals surface area contributed by atoms with Gasteiger partial charge < -0.3 is 15.0 Å². The lowest BCUT2D eigenvalue weighted by molar-refractivity contribution is -0.138. The summed E-state index contributed by atoms with van der Waals surface area (Å²) in [4.78, 5) is 29.3. The summed E-state index contributed by atoms with van der Waals surface area (Å²) in [5, 5.41) is 2.91. The van der Waals surface area contributed by atoms with Crippen LogP contribution in [-0.2, 0) is 9.59 Å². The largest absolute Gasteiger partial charge is 0.496 e. The van der Waals surface area contributed by atoms with Crippen molar-refractivity contribution in [3.63, 3.8) is 0 Å². The molecule has 2 heterocycles. The summed E-state index contributed by atoms with van der Waals surface area (Å²) in [5.74, 6) is 0.880. The first-order valence-corrected chi connectivity index (χ1v) is 10.3. The number of benzene rings is 1. The van der Waals surface area contributed by atoms with E-state index in [-0.39, 0.29) is 18.2 Å². The summed E-state index contributed by atoms with van der Waals surface area (Å²) in [6, 6.07) is 7.44. The molecule has 6 nitrogen and oxygen atoms in total. The van der Waals surface area contributed by atoms with Crippen molar-refractivity contribution in [2.45, 2.75) is 38.1 Å². The van der Waals surface area contributed by atoms with Gasteiger partial charge in [-0.2, -0.15) is 0 Å². The maximum absolute atomic E-state index is 12.8. The van der Waals surface area contributed by atoms with Crippen LogP contribution in [-0.4, -0.2) is 67.5 Å². The van der Waals surface area contributed by atoms with Gasteiger partial charge in [0.05, 0.1) is 19.6 Å². The monoisotopic (exact) mass is 385 g/mol. The number of methoxy groups -OCH3 is 1. The van der Waals surface area contributed by atoms with Crippen LogP contribution in [0, 0.1) is 0 Å². The molecule has 3 rings (SSSR count). The minimum absolute atomic E-state index is 0.0416. The van der Waals surface area contributed by atoms with Crippen LogP contribution in [0.1, 0.15) is 37.7 Å². The van der Waals surface area contributed by atoms with Crippen molar-refractivity contribution in [2.75, 3.05) is 39.8 Å². The van der Waals surface area contributed by atoms with Crippen molar-refractivity contribution in [2.24, 2.45) is 0 Å². The molecule has 2 amide bonds. The molecule has 0 radical (unpaired) electrons. The summed E-state index contributed by atoms with van der Waals surface area (Å²) in [5.41, 5.74) is 1.00. The second-order valence-electron chi connectivity index (χ2n) is 7.45. The molecular weight excluding hydrogens is 354 g/mol. The van der Waals surface area contributed by atoms with E-state index < -0.39 is 6.04 Å². The fraction of sp³-hybridized carbons (Fsp3) is 0.545. The van der Waals surface area contributed by atoms with E-state index in [1.165, 1.54) is 12.8 Å². The van der Waals surface area contributed by atoms with Gasteiger partial charge >= 0.3 is 0 Å². The van der Waals surface area contributed by atoms with E-state index in [0.29, 0.717) is 13.1 Å². The first-order valence-electron chi connectivity index (χ1n) is 10.3. The SMILES string of the molecule is COc1ccccc1/C=C/CN1CCNC(=O)C1CC(=O)N1CCCCCC1. The molecule has 2 saturated heterocycles. The highest BCUT2D eigenvalue weighted by atomic mass is 16.5. The highest BCUT2D eigenvalue weighted by Crippen LogP contribution is 2.19.